The Hall–Kier alpha value is -1.53. The van der Waals surface area contributed by atoms with Gasteiger partial charge in [0.15, 0.2) is 0 Å². The highest BCUT2D eigenvalue weighted by Crippen LogP contribution is 2.49. The first-order chi connectivity index (χ1) is 9.36. The van der Waals surface area contributed by atoms with E-state index < -0.39 is 7.26 Å². The van der Waals surface area contributed by atoms with Crippen LogP contribution in [0.15, 0.2) is 41.6 Å². The first-order valence-corrected chi connectivity index (χ1v) is 9.41. The van der Waals surface area contributed by atoms with Gasteiger partial charge in [0.25, 0.3) is 0 Å². The molecule has 2 aromatic rings. The van der Waals surface area contributed by atoms with Crippen LogP contribution < -0.4 is 10.6 Å². The summed E-state index contributed by atoms with van der Waals surface area (Å²) >= 11 is 0. The third-order valence-corrected chi connectivity index (χ3v) is 7.20. The molecule has 0 aliphatic rings. The van der Waals surface area contributed by atoms with E-state index in [1.807, 2.05) is 19.1 Å². The van der Waals surface area contributed by atoms with Gasteiger partial charge in [0.2, 0.25) is 0 Å². The maximum atomic E-state index is 10.7. The van der Waals surface area contributed by atoms with Crippen molar-refractivity contribution in [1.29, 1.82) is 0 Å². The van der Waals surface area contributed by atoms with Crippen LogP contribution in [0.2, 0.25) is 0 Å². The molecule has 0 atom stereocenters. The van der Waals surface area contributed by atoms with E-state index in [2.05, 4.69) is 56.6 Å². The van der Waals surface area contributed by atoms with Crippen LogP contribution in [0.3, 0.4) is 0 Å². The molecule has 0 radical (unpaired) electrons. The highest BCUT2D eigenvalue weighted by molar-refractivity contribution is 7.88. The third kappa shape index (κ3) is 2.66. The van der Waals surface area contributed by atoms with Crippen molar-refractivity contribution in [3.63, 3.8) is 0 Å². The van der Waals surface area contributed by atoms with Gasteiger partial charge >= 0.3 is 0 Å². The first-order valence-electron chi connectivity index (χ1n) is 6.72. The highest BCUT2D eigenvalue weighted by Gasteiger charge is 2.32. The highest BCUT2D eigenvalue weighted by atomic mass is 31.2. The van der Waals surface area contributed by atoms with E-state index in [0.717, 1.165) is 5.56 Å². The fraction of sp³-hybridized carbons (Fsp3) is 0.294. The number of rotatable bonds is 3. The Morgan fingerprint density at radius 2 is 1.35 bits per heavy atom. The molecule has 0 N–H and O–H groups in total. The van der Waals surface area contributed by atoms with Crippen LogP contribution in [0, 0.1) is 25.7 Å². The zero-order valence-electron chi connectivity index (χ0n) is 12.8. The number of nitroso groups, excluding NO2 is 1. The molecule has 0 heterocycles. The molecule has 0 aliphatic carbocycles. The normalized spacial score (nSPS) is 11.4. The molecule has 3 heteroatoms. The number of nitrogens with zero attached hydrogens (tertiary/aromatic N) is 1. The molecule has 0 aromatic heterocycles. The lowest BCUT2D eigenvalue weighted by atomic mass is 10.1. The molecule has 0 bridgehead atoms. The zero-order valence-corrected chi connectivity index (χ0v) is 13.7. The second-order valence-corrected chi connectivity index (χ2v) is 9.72. The molecule has 0 saturated carbocycles. The summed E-state index contributed by atoms with van der Waals surface area (Å²) in [6.07, 6.45) is 0. The van der Waals surface area contributed by atoms with Crippen LogP contribution in [0.5, 0.6) is 0 Å². The Kier molecular flexibility index (Phi) is 4.06. The van der Waals surface area contributed by atoms with Gasteiger partial charge in [-0.1, -0.05) is 6.07 Å². The van der Waals surface area contributed by atoms with Crippen molar-refractivity contribution in [3.05, 3.63) is 58.0 Å². The number of benzene rings is 2. The zero-order chi connectivity index (χ0) is 14.9. The minimum Gasteiger partial charge on any atom is -0.145 e. The fourth-order valence-corrected chi connectivity index (χ4v) is 4.54. The topological polar surface area (TPSA) is 29.4 Å². The molecule has 0 amide bonds. The Morgan fingerprint density at radius 3 is 1.85 bits per heavy atom. The number of hydrogen-bond donors (Lipinski definition) is 0. The average molecular weight is 286 g/mol. The van der Waals surface area contributed by atoms with Gasteiger partial charge in [-0.05, 0) is 73.0 Å². The molecular weight excluding hydrogens is 265 g/mol. The number of hydrogen-bond acceptors (Lipinski definition) is 2. The average Bonchev–Trinajstić information content (AvgIpc) is 2.41. The summed E-state index contributed by atoms with van der Waals surface area (Å²) in [7, 11) is -1.40. The monoisotopic (exact) mass is 286 g/mol. The van der Waals surface area contributed by atoms with Crippen LogP contribution in [0.4, 0.5) is 5.69 Å². The molecule has 2 nitrogen and oxygen atoms in total. The van der Waals surface area contributed by atoms with Gasteiger partial charge in [-0.3, -0.25) is 0 Å². The largest absolute Gasteiger partial charge is 0.145 e. The van der Waals surface area contributed by atoms with Crippen molar-refractivity contribution < 1.29 is 0 Å². The van der Waals surface area contributed by atoms with Crippen LogP contribution in [0.25, 0.3) is 0 Å². The SMILES string of the molecule is Cc1ccc([P+](C)(C)c2ccc(N=O)c(C)c2)cc1C. The van der Waals surface area contributed by atoms with E-state index in [9.17, 15) is 4.91 Å². The van der Waals surface area contributed by atoms with Crippen molar-refractivity contribution in [2.45, 2.75) is 20.8 Å². The van der Waals surface area contributed by atoms with Crippen LogP contribution in [-0.2, 0) is 0 Å². The summed E-state index contributed by atoms with van der Waals surface area (Å²) in [6, 6.07) is 12.7. The lowest BCUT2D eigenvalue weighted by molar-refractivity contribution is 1.35. The van der Waals surface area contributed by atoms with Gasteiger partial charge in [-0.25, -0.2) is 0 Å². The van der Waals surface area contributed by atoms with Gasteiger partial charge in [0.05, 0.1) is 31.2 Å². The Morgan fingerprint density at radius 1 is 0.800 bits per heavy atom. The second kappa shape index (κ2) is 5.46. The first kappa shape index (κ1) is 14.9. The van der Waals surface area contributed by atoms with Crippen LogP contribution >= 0.6 is 7.26 Å². The molecule has 2 aromatic carbocycles. The van der Waals surface area contributed by atoms with Gasteiger partial charge in [-0.15, -0.1) is 4.91 Å². The van der Waals surface area contributed by atoms with Crippen molar-refractivity contribution in [1.82, 2.24) is 0 Å². The Balaban J connectivity index is 2.50. The number of aryl methyl sites for hydroxylation is 3. The Labute approximate surface area is 121 Å². The minimum absolute atomic E-state index is 0.536. The van der Waals surface area contributed by atoms with Crippen molar-refractivity contribution in [2.24, 2.45) is 5.18 Å². The van der Waals surface area contributed by atoms with E-state index in [4.69, 9.17) is 0 Å². The van der Waals surface area contributed by atoms with E-state index in [1.54, 1.807) is 0 Å². The standard InChI is InChI=1S/C17H21NOP/c1-12-6-7-15(10-13(12)2)20(4,5)16-8-9-17(18-19)14(3)11-16/h6-11H,1-5H3/q+1. The van der Waals surface area contributed by atoms with Gasteiger partial charge in [0, 0.05) is 0 Å². The quantitative estimate of drug-likeness (QED) is 0.613. The van der Waals surface area contributed by atoms with E-state index >= 15 is 0 Å². The van der Waals surface area contributed by atoms with E-state index in [-0.39, 0.29) is 0 Å². The van der Waals surface area contributed by atoms with Crippen molar-refractivity contribution >= 4 is 23.6 Å². The third-order valence-electron chi connectivity index (χ3n) is 4.06. The molecule has 0 spiro atoms. The van der Waals surface area contributed by atoms with Crippen molar-refractivity contribution in [3.8, 4) is 0 Å². The van der Waals surface area contributed by atoms with Gasteiger partial charge < -0.3 is 0 Å². The maximum absolute atomic E-state index is 10.7. The summed E-state index contributed by atoms with van der Waals surface area (Å²) in [4.78, 5) is 10.7. The Bertz CT molecular complexity index is 662. The van der Waals surface area contributed by atoms with Crippen molar-refractivity contribution in [2.75, 3.05) is 13.3 Å². The van der Waals surface area contributed by atoms with Gasteiger partial charge in [-0.2, -0.15) is 0 Å². The summed E-state index contributed by atoms with van der Waals surface area (Å²) in [5.41, 5.74) is 4.15. The molecule has 0 aliphatic heterocycles. The van der Waals surface area contributed by atoms with E-state index in [1.165, 1.54) is 21.7 Å². The summed E-state index contributed by atoms with van der Waals surface area (Å²) in [5, 5.41) is 5.76. The molecule has 20 heavy (non-hydrogen) atoms. The van der Waals surface area contributed by atoms with Gasteiger partial charge in [0.1, 0.15) is 5.69 Å². The second-order valence-electron chi connectivity index (χ2n) is 5.78. The smallest absolute Gasteiger partial charge is 0.111 e. The van der Waals surface area contributed by atoms with E-state index in [0.29, 0.717) is 5.69 Å². The minimum atomic E-state index is -1.40. The summed E-state index contributed by atoms with van der Waals surface area (Å²) in [5.74, 6) is 0. The van der Waals surface area contributed by atoms with Crippen LogP contribution in [0.1, 0.15) is 16.7 Å². The lowest BCUT2D eigenvalue weighted by Crippen LogP contribution is -2.21. The molecule has 2 rings (SSSR count). The molecule has 104 valence electrons. The fourth-order valence-electron chi connectivity index (χ4n) is 2.31. The lowest BCUT2D eigenvalue weighted by Gasteiger charge is -2.19. The molecule has 0 unspecified atom stereocenters. The summed E-state index contributed by atoms with van der Waals surface area (Å²) < 4.78 is 0. The molecular formula is C17H21NOP+. The predicted octanol–water partition coefficient (Wildman–Crippen LogP) is 4.24. The summed E-state index contributed by atoms with van der Waals surface area (Å²) in [6.45, 7) is 10.9. The molecule has 0 saturated heterocycles. The maximum Gasteiger partial charge on any atom is 0.111 e. The van der Waals surface area contributed by atoms with Crippen LogP contribution in [-0.4, -0.2) is 13.3 Å². The predicted molar refractivity (Wildman–Crippen MR) is 90.6 cm³/mol. The molecule has 0 fully saturated rings.